The molecule has 3 atom stereocenters. The van der Waals surface area contributed by atoms with Crippen molar-refractivity contribution in [2.75, 3.05) is 6.54 Å². The average Bonchev–Trinajstić information content (AvgIpc) is 2.83. The lowest BCUT2D eigenvalue weighted by Gasteiger charge is -2.30. The van der Waals surface area contributed by atoms with E-state index >= 15 is 0 Å². The Kier molecular flexibility index (Phi) is 10.1. The van der Waals surface area contributed by atoms with Gasteiger partial charge >= 0.3 is 18.1 Å². The highest BCUT2D eigenvalue weighted by molar-refractivity contribution is 5.87. The Balaban J connectivity index is 0.000000509. The molecule has 1 saturated heterocycles. The lowest BCUT2D eigenvalue weighted by Crippen LogP contribution is -2.52. The maximum atomic E-state index is 12.6. The minimum absolute atomic E-state index is 0.153. The van der Waals surface area contributed by atoms with E-state index in [2.05, 4.69) is 22.8 Å². The van der Waals surface area contributed by atoms with Crippen molar-refractivity contribution < 1.29 is 37.4 Å². The quantitative estimate of drug-likeness (QED) is 0.548. The molecule has 0 spiro atoms. The monoisotopic (exact) mass is 480 g/mol. The molecule has 7 nitrogen and oxygen atoms in total. The van der Waals surface area contributed by atoms with Crippen LogP contribution in [0.15, 0.2) is 60.7 Å². The Morgan fingerprint density at radius 3 is 2.21 bits per heavy atom. The zero-order valence-corrected chi connectivity index (χ0v) is 18.5. The minimum Gasteiger partial charge on any atom is -0.475 e. The third-order valence-corrected chi connectivity index (χ3v) is 5.17. The number of benzene rings is 2. The van der Waals surface area contributed by atoms with Gasteiger partial charge in [-0.2, -0.15) is 13.2 Å². The van der Waals surface area contributed by atoms with E-state index in [4.69, 9.17) is 14.6 Å². The van der Waals surface area contributed by atoms with Crippen LogP contribution in [-0.2, 0) is 25.7 Å². The molecule has 0 radical (unpaired) electrons. The first-order valence-electron chi connectivity index (χ1n) is 10.7. The summed E-state index contributed by atoms with van der Waals surface area (Å²) in [7, 11) is 0. The first-order chi connectivity index (χ1) is 16.1. The lowest BCUT2D eigenvalue weighted by molar-refractivity contribution is -0.192. The fourth-order valence-electron chi connectivity index (χ4n) is 3.37. The maximum absolute atomic E-state index is 12.6. The number of alkyl halides is 3. The summed E-state index contributed by atoms with van der Waals surface area (Å²) < 4.78 is 37.0. The van der Waals surface area contributed by atoms with Gasteiger partial charge in [0.2, 0.25) is 5.91 Å². The van der Waals surface area contributed by atoms with Crippen LogP contribution in [0.4, 0.5) is 13.2 Å². The molecule has 1 unspecified atom stereocenters. The van der Waals surface area contributed by atoms with Crippen LogP contribution in [0.2, 0.25) is 0 Å². The summed E-state index contributed by atoms with van der Waals surface area (Å²) in [5.74, 6) is -2.99. The van der Waals surface area contributed by atoms with Crippen LogP contribution in [0.25, 0.3) is 0 Å². The second-order valence-electron chi connectivity index (χ2n) is 7.77. The van der Waals surface area contributed by atoms with Crippen LogP contribution in [-0.4, -0.2) is 47.8 Å². The molecule has 184 valence electrons. The third-order valence-electron chi connectivity index (χ3n) is 5.17. The standard InChI is InChI=1S/C22H26N2O3.C2HF3O2/c1-16(22(26)27-15-17-8-4-2-5-9-17)24-21(25)20-14-19(12-13-23-20)18-10-6-3-7-11-18;3-2(4,5)1(6)7/h2-11,16,19-20,23H,12-15H2,1H3,(H,24,25);(H,6,7)/t16?,19-,20+;/m0./s1. The van der Waals surface area contributed by atoms with Gasteiger partial charge in [0.15, 0.2) is 0 Å². The van der Waals surface area contributed by atoms with Crippen molar-refractivity contribution in [1.29, 1.82) is 0 Å². The second kappa shape index (κ2) is 12.7. The first kappa shape index (κ1) is 26.8. The third kappa shape index (κ3) is 8.86. The molecule has 0 aliphatic carbocycles. The van der Waals surface area contributed by atoms with Crippen molar-refractivity contribution in [3.8, 4) is 0 Å². The van der Waals surface area contributed by atoms with Crippen LogP contribution < -0.4 is 10.6 Å². The summed E-state index contributed by atoms with van der Waals surface area (Å²) in [6.07, 6.45) is -3.36. The van der Waals surface area contributed by atoms with Crippen molar-refractivity contribution in [1.82, 2.24) is 10.6 Å². The van der Waals surface area contributed by atoms with Crippen molar-refractivity contribution in [2.45, 2.75) is 50.6 Å². The fraction of sp³-hybridized carbons (Fsp3) is 0.375. The topological polar surface area (TPSA) is 105 Å². The molecule has 2 aromatic carbocycles. The normalized spacial score (nSPS) is 18.6. The largest absolute Gasteiger partial charge is 0.490 e. The van der Waals surface area contributed by atoms with Gasteiger partial charge in [-0.3, -0.25) is 4.79 Å². The number of rotatable bonds is 6. The number of hydrogen-bond acceptors (Lipinski definition) is 5. The molecule has 0 saturated carbocycles. The smallest absolute Gasteiger partial charge is 0.475 e. The first-order valence-corrected chi connectivity index (χ1v) is 10.7. The van der Waals surface area contributed by atoms with Crippen LogP contribution in [0.5, 0.6) is 0 Å². The Hall–Kier alpha value is -3.40. The average molecular weight is 480 g/mol. The molecule has 34 heavy (non-hydrogen) atoms. The molecule has 1 aliphatic heterocycles. The van der Waals surface area contributed by atoms with Gasteiger partial charge < -0.3 is 20.5 Å². The van der Waals surface area contributed by atoms with Gasteiger partial charge in [0.05, 0.1) is 6.04 Å². The van der Waals surface area contributed by atoms with E-state index in [0.29, 0.717) is 5.92 Å². The maximum Gasteiger partial charge on any atom is 0.490 e. The number of nitrogens with one attached hydrogen (secondary N) is 2. The summed E-state index contributed by atoms with van der Waals surface area (Å²) in [6, 6.07) is 18.8. The van der Waals surface area contributed by atoms with Crippen LogP contribution >= 0.6 is 0 Å². The predicted molar refractivity (Wildman–Crippen MR) is 118 cm³/mol. The van der Waals surface area contributed by atoms with Gasteiger partial charge in [0, 0.05) is 0 Å². The number of carboxylic acids is 1. The number of ether oxygens (including phenoxy) is 1. The van der Waals surface area contributed by atoms with Gasteiger partial charge in [-0.1, -0.05) is 60.7 Å². The van der Waals surface area contributed by atoms with Gasteiger partial charge in [0.25, 0.3) is 0 Å². The highest BCUT2D eigenvalue weighted by Crippen LogP contribution is 2.27. The number of amides is 1. The molecular formula is C24H27F3N2O5. The Bertz CT molecular complexity index is 939. The van der Waals surface area contributed by atoms with Crippen molar-refractivity contribution >= 4 is 17.8 Å². The van der Waals surface area contributed by atoms with Gasteiger partial charge in [-0.15, -0.1) is 0 Å². The molecule has 1 heterocycles. The zero-order valence-electron chi connectivity index (χ0n) is 18.5. The second-order valence-corrected chi connectivity index (χ2v) is 7.77. The molecule has 3 rings (SSSR count). The number of carboxylic acid groups (broad SMARTS) is 1. The highest BCUT2D eigenvalue weighted by atomic mass is 19.4. The fourth-order valence-corrected chi connectivity index (χ4v) is 3.37. The molecule has 2 aromatic rings. The molecule has 0 aromatic heterocycles. The predicted octanol–water partition coefficient (Wildman–Crippen LogP) is 3.40. The van der Waals surface area contributed by atoms with Crippen molar-refractivity contribution in [3.63, 3.8) is 0 Å². The van der Waals surface area contributed by atoms with Crippen LogP contribution in [0.3, 0.4) is 0 Å². The number of piperidine rings is 1. The Morgan fingerprint density at radius 1 is 1.09 bits per heavy atom. The van der Waals surface area contributed by atoms with E-state index in [1.54, 1.807) is 6.92 Å². The Morgan fingerprint density at radius 2 is 1.65 bits per heavy atom. The van der Waals surface area contributed by atoms with E-state index < -0.39 is 24.2 Å². The minimum atomic E-state index is -5.08. The summed E-state index contributed by atoms with van der Waals surface area (Å²) in [5, 5.41) is 13.2. The van der Waals surface area contributed by atoms with Crippen molar-refractivity contribution in [3.05, 3.63) is 71.8 Å². The molecule has 1 amide bonds. The molecule has 3 N–H and O–H groups in total. The number of hydrogen-bond donors (Lipinski definition) is 3. The van der Waals surface area contributed by atoms with E-state index in [9.17, 15) is 22.8 Å². The highest BCUT2D eigenvalue weighted by Gasteiger charge is 2.38. The summed E-state index contributed by atoms with van der Waals surface area (Å²) in [4.78, 5) is 33.6. The van der Waals surface area contributed by atoms with E-state index in [0.717, 1.165) is 24.9 Å². The van der Waals surface area contributed by atoms with Gasteiger partial charge in [-0.05, 0) is 43.4 Å². The SMILES string of the molecule is CC(NC(=O)[C@H]1C[C@@H](c2ccccc2)CCN1)C(=O)OCc1ccccc1.O=C(O)C(F)(F)F. The molecule has 1 fully saturated rings. The van der Waals surface area contributed by atoms with Crippen molar-refractivity contribution in [2.24, 2.45) is 0 Å². The van der Waals surface area contributed by atoms with Crippen LogP contribution in [0.1, 0.15) is 36.8 Å². The lowest BCUT2D eigenvalue weighted by atomic mass is 9.86. The summed E-state index contributed by atoms with van der Waals surface area (Å²) >= 11 is 0. The molecular weight excluding hydrogens is 453 g/mol. The van der Waals surface area contributed by atoms with Gasteiger partial charge in [-0.25, -0.2) is 9.59 Å². The summed E-state index contributed by atoms with van der Waals surface area (Å²) in [5.41, 5.74) is 2.18. The molecule has 10 heteroatoms. The Labute approximate surface area is 195 Å². The van der Waals surface area contributed by atoms with Gasteiger partial charge in [0.1, 0.15) is 12.6 Å². The number of carbonyl (C=O) groups is 3. The number of halogens is 3. The number of esters is 1. The zero-order chi connectivity index (χ0) is 25.1. The van der Waals surface area contributed by atoms with E-state index in [1.807, 2.05) is 48.5 Å². The number of aliphatic carboxylic acids is 1. The van der Waals surface area contributed by atoms with Crippen LogP contribution in [0, 0.1) is 0 Å². The number of carbonyl (C=O) groups excluding carboxylic acids is 2. The molecule has 0 bridgehead atoms. The van der Waals surface area contributed by atoms with E-state index in [-0.39, 0.29) is 18.6 Å². The summed E-state index contributed by atoms with van der Waals surface area (Å²) in [6.45, 7) is 2.64. The van der Waals surface area contributed by atoms with E-state index in [1.165, 1.54) is 5.56 Å². The molecule has 1 aliphatic rings.